The van der Waals surface area contributed by atoms with Crippen molar-refractivity contribution in [3.05, 3.63) is 35.4 Å². The van der Waals surface area contributed by atoms with E-state index in [1.165, 1.54) is 19.2 Å². The number of halogens is 3. The number of ether oxygens (including phenoxy) is 1. The average molecular weight is 287 g/mol. The summed E-state index contributed by atoms with van der Waals surface area (Å²) in [6.07, 6.45) is -3.19. The van der Waals surface area contributed by atoms with Crippen LogP contribution in [-0.4, -0.2) is 25.7 Å². The second-order valence-electron chi connectivity index (χ2n) is 4.87. The van der Waals surface area contributed by atoms with E-state index < -0.39 is 17.8 Å². The van der Waals surface area contributed by atoms with Gasteiger partial charge in [-0.2, -0.15) is 13.2 Å². The lowest BCUT2D eigenvalue weighted by Crippen LogP contribution is -2.43. The SMILES string of the molecule is COC(=O)C1CC(c2cccc(C(F)(F)F)c2)CCN1. The Hall–Kier alpha value is -1.56. The zero-order valence-electron chi connectivity index (χ0n) is 11.0. The van der Waals surface area contributed by atoms with Gasteiger partial charge in [-0.3, -0.25) is 4.79 Å². The van der Waals surface area contributed by atoms with E-state index in [0.717, 1.165) is 6.07 Å². The number of rotatable bonds is 2. The molecule has 0 spiro atoms. The minimum absolute atomic E-state index is 0.0670. The number of methoxy groups -OCH3 is 1. The standard InChI is InChI=1S/C14H16F3NO2/c1-20-13(19)12-8-10(5-6-18-12)9-3-2-4-11(7-9)14(15,16)17/h2-4,7,10,12,18H,5-6,8H2,1H3. The van der Waals surface area contributed by atoms with Crippen LogP contribution in [0.1, 0.15) is 29.9 Å². The van der Waals surface area contributed by atoms with Gasteiger partial charge >= 0.3 is 12.1 Å². The minimum Gasteiger partial charge on any atom is -0.468 e. The highest BCUT2D eigenvalue weighted by Gasteiger charge is 2.32. The number of benzene rings is 1. The first-order valence-corrected chi connectivity index (χ1v) is 6.40. The summed E-state index contributed by atoms with van der Waals surface area (Å²) in [4.78, 5) is 11.5. The van der Waals surface area contributed by atoms with E-state index in [9.17, 15) is 18.0 Å². The van der Waals surface area contributed by atoms with Crippen molar-refractivity contribution in [2.45, 2.75) is 31.0 Å². The van der Waals surface area contributed by atoms with E-state index in [1.807, 2.05) is 0 Å². The monoisotopic (exact) mass is 287 g/mol. The molecule has 1 aromatic rings. The highest BCUT2D eigenvalue weighted by molar-refractivity contribution is 5.75. The Bertz CT molecular complexity index is 488. The number of alkyl halides is 3. The quantitative estimate of drug-likeness (QED) is 0.850. The molecule has 6 heteroatoms. The summed E-state index contributed by atoms with van der Waals surface area (Å²) in [6, 6.07) is 4.87. The van der Waals surface area contributed by atoms with Crippen LogP contribution < -0.4 is 5.32 Å². The number of piperidine rings is 1. The maximum absolute atomic E-state index is 12.7. The topological polar surface area (TPSA) is 38.3 Å². The molecule has 3 nitrogen and oxygen atoms in total. The number of carbonyl (C=O) groups is 1. The molecular weight excluding hydrogens is 271 g/mol. The minimum atomic E-state index is -4.34. The molecule has 0 bridgehead atoms. The lowest BCUT2D eigenvalue weighted by atomic mass is 9.86. The third kappa shape index (κ3) is 3.30. The summed E-state index contributed by atoms with van der Waals surface area (Å²) < 4.78 is 42.8. The molecule has 1 aromatic carbocycles. The first-order chi connectivity index (χ1) is 9.41. The van der Waals surface area contributed by atoms with Gasteiger partial charge in [0, 0.05) is 0 Å². The van der Waals surface area contributed by atoms with Gasteiger partial charge in [0.15, 0.2) is 0 Å². The second-order valence-corrected chi connectivity index (χ2v) is 4.87. The van der Waals surface area contributed by atoms with Crippen molar-refractivity contribution in [1.82, 2.24) is 5.32 Å². The van der Waals surface area contributed by atoms with Crippen molar-refractivity contribution >= 4 is 5.97 Å². The Morgan fingerprint density at radius 1 is 1.40 bits per heavy atom. The molecule has 1 fully saturated rings. The molecule has 0 aliphatic carbocycles. The van der Waals surface area contributed by atoms with Crippen LogP contribution in [0.15, 0.2) is 24.3 Å². The van der Waals surface area contributed by atoms with Crippen LogP contribution in [0.2, 0.25) is 0 Å². The fourth-order valence-electron chi connectivity index (χ4n) is 2.51. The van der Waals surface area contributed by atoms with Gasteiger partial charge < -0.3 is 10.1 Å². The van der Waals surface area contributed by atoms with Gasteiger partial charge in [-0.25, -0.2) is 0 Å². The highest BCUT2D eigenvalue weighted by Crippen LogP contribution is 2.34. The summed E-state index contributed by atoms with van der Waals surface area (Å²) >= 11 is 0. The maximum Gasteiger partial charge on any atom is 0.416 e. The molecule has 0 aromatic heterocycles. The van der Waals surface area contributed by atoms with Crippen molar-refractivity contribution in [1.29, 1.82) is 0 Å². The second kappa shape index (κ2) is 5.83. The molecule has 1 N–H and O–H groups in total. The normalized spacial score (nSPS) is 23.4. The summed E-state index contributed by atoms with van der Waals surface area (Å²) in [5.74, 6) is -0.440. The van der Waals surface area contributed by atoms with Crippen LogP contribution in [0, 0.1) is 0 Å². The Morgan fingerprint density at radius 2 is 2.15 bits per heavy atom. The number of hydrogen-bond acceptors (Lipinski definition) is 3. The van der Waals surface area contributed by atoms with Gasteiger partial charge in [-0.1, -0.05) is 18.2 Å². The predicted octanol–water partition coefficient (Wildman–Crippen LogP) is 2.71. The summed E-state index contributed by atoms with van der Waals surface area (Å²) in [5.41, 5.74) is -0.0293. The molecule has 0 saturated carbocycles. The van der Waals surface area contributed by atoms with Crippen molar-refractivity contribution in [2.75, 3.05) is 13.7 Å². The first kappa shape index (κ1) is 14.8. The summed E-state index contributed by atoms with van der Waals surface area (Å²) in [7, 11) is 1.30. The van der Waals surface area contributed by atoms with Crippen LogP contribution in [0.25, 0.3) is 0 Å². The van der Waals surface area contributed by atoms with E-state index in [-0.39, 0.29) is 11.9 Å². The van der Waals surface area contributed by atoms with E-state index >= 15 is 0 Å². The van der Waals surface area contributed by atoms with E-state index in [2.05, 4.69) is 10.1 Å². The molecular formula is C14H16F3NO2. The third-order valence-electron chi connectivity index (χ3n) is 3.57. The predicted molar refractivity (Wildman–Crippen MR) is 67.2 cm³/mol. The Morgan fingerprint density at radius 3 is 2.80 bits per heavy atom. The lowest BCUT2D eigenvalue weighted by Gasteiger charge is -2.29. The maximum atomic E-state index is 12.7. The molecule has 1 saturated heterocycles. The van der Waals surface area contributed by atoms with Gasteiger partial charge in [-0.05, 0) is 36.9 Å². The van der Waals surface area contributed by atoms with Gasteiger partial charge in [-0.15, -0.1) is 0 Å². The zero-order chi connectivity index (χ0) is 14.8. The van der Waals surface area contributed by atoms with Gasteiger partial charge in [0.05, 0.1) is 12.7 Å². The zero-order valence-corrected chi connectivity index (χ0v) is 11.0. The van der Waals surface area contributed by atoms with Crippen LogP contribution in [0.3, 0.4) is 0 Å². The largest absolute Gasteiger partial charge is 0.468 e. The molecule has 0 radical (unpaired) electrons. The van der Waals surface area contributed by atoms with Gasteiger partial charge in [0.25, 0.3) is 0 Å². The molecule has 1 aliphatic heterocycles. The van der Waals surface area contributed by atoms with E-state index in [4.69, 9.17) is 0 Å². The molecule has 2 rings (SSSR count). The van der Waals surface area contributed by atoms with Crippen LogP contribution >= 0.6 is 0 Å². The van der Waals surface area contributed by atoms with Crippen LogP contribution in [0.5, 0.6) is 0 Å². The van der Waals surface area contributed by atoms with Crippen LogP contribution in [-0.2, 0) is 15.7 Å². The number of hydrogen-bond donors (Lipinski definition) is 1. The number of carbonyl (C=O) groups excluding carboxylic acids is 1. The van der Waals surface area contributed by atoms with Crippen molar-refractivity contribution < 1.29 is 22.7 Å². The number of esters is 1. The smallest absolute Gasteiger partial charge is 0.416 e. The number of nitrogens with one attached hydrogen (secondary N) is 1. The van der Waals surface area contributed by atoms with Crippen molar-refractivity contribution in [3.63, 3.8) is 0 Å². The average Bonchev–Trinajstić information content (AvgIpc) is 2.46. The molecule has 0 amide bonds. The van der Waals surface area contributed by atoms with Crippen molar-refractivity contribution in [3.8, 4) is 0 Å². The fourth-order valence-corrected chi connectivity index (χ4v) is 2.51. The van der Waals surface area contributed by atoms with Crippen LogP contribution in [0.4, 0.5) is 13.2 Å². The van der Waals surface area contributed by atoms with Gasteiger partial charge in [0.1, 0.15) is 6.04 Å². The Labute approximate surface area is 115 Å². The molecule has 2 unspecified atom stereocenters. The molecule has 1 heterocycles. The molecule has 110 valence electrons. The first-order valence-electron chi connectivity index (χ1n) is 6.40. The van der Waals surface area contributed by atoms with Crippen molar-refractivity contribution in [2.24, 2.45) is 0 Å². The molecule has 20 heavy (non-hydrogen) atoms. The fraction of sp³-hybridized carbons (Fsp3) is 0.500. The summed E-state index contributed by atoms with van der Waals surface area (Å²) in [5, 5.41) is 3.02. The van der Waals surface area contributed by atoms with Gasteiger partial charge in [0.2, 0.25) is 0 Å². The molecule has 1 aliphatic rings. The summed E-state index contributed by atoms with van der Waals surface area (Å²) in [6.45, 7) is 0.584. The highest BCUT2D eigenvalue weighted by atomic mass is 19.4. The molecule has 2 atom stereocenters. The Balaban J connectivity index is 2.17. The van der Waals surface area contributed by atoms with E-state index in [0.29, 0.717) is 24.9 Å². The van der Waals surface area contributed by atoms with E-state index in [1.54, 1.807) is 6.07 Å². The third-order valence-corrected chi connectivity index (χ3v) is 3.57. The lowest BCUT2D eigenvalue weighted by molar-refractivity contribution is -0.144. The Kier molecular flexibility index (Phi) is 4.32.